The lowest BCUT2D eigenvalue weighted by molar-refractivity contribution is 0.0663. The number of nitrogens with zero attached hydrogens (tertiary/aromatic N) is 5. The van der Waals surface area contributed by atoms with E-state index in [9.17, 15) is 4.79 Å². The van der Waals surface area contributed by atoms with E-state index in [1.807, 2.05) is 41.1 Å². The number of rotatable bonds is 8. The van der Waals surface area contributed by atoms with Crippen LogP contribution in [0.2, 0.25) is 0 Å². The van der Waals surface area contributed by atoms with Crippen molar-refractivity contribution in [1.29, 1.82) is 0 Å². The second-order valence-electron chi connectivity index (χ2n) is 9.25. The molecule has 2 aliphatic rings. The number of benzene rings is 2. The summed E-state index contributed by atoms with van der Waals surface area (Å²) < 4.78 is 19.1. The van der Waals surface area contributed by atoms with Crippen molar-refractivity contribution in [2.45, 2.75) is 38.6 Å². The minimum atomic E-state index is -0.125. The molecule has 0 saturated carbocycles. The molecule has 186 valence electrons. The van der Waals surface area contributed by atoms with Crippen LogP contribution in [0.4, 0.5) is 0 Å². The topological polar surface area (TPSA) is 107 Å². The summed E-state index contributed by atoms with van der Waals surface area (Å²) in [4.78, 5) is 18.3. The molecule has 0 unspecified atom stereocenters. The zero-order valence-corrected chi connectivity index (χ0v) is 19.9. The van der Waals surface area contributed by atoms with Gasteiger partial charge < -0.3 is 19.2 Å². The Balaban J connectivity index is 1.27. The van der Waals surface area contributed by atoms with E-state index in [0.717, 1.165) is 41.7 Å². The molecule has 0 spiro atoms. The first-order valence-electron chi connectivity index (χ1n) is 12.3. The number of H-pyrrole nitrogens is 1. The van der Waals surface area contributed by atoms with Gasteiger partial charge in [-0.3, -0.25) is 9.69 Å². The van der Waals surface area contributed by atoms with Crippen LogP contribution in [0.3, 0.4) is 0 Å². The average molecular weight is 489 g/mol. The van der Waals surface area contributed by atoms with Gasteiger partial charge in [0.2, 0.25) is 0 Å². The Morgan fingerprint density at radius 2 is 1.86 bits per heavy atom. The highest BCUT2D eigenvalue weighted by molar-refractivity contribution is 5.83. The van der Waals surface area contributed by atoms with Gasteiger partial charge in [-0.1, -0.05) is 30.3 Å². The van der Waals surface area contributed by atoms with E-state index in [-0.39, 0.29) is 11.7 Å². The summed E-state index contributed by atoms with van der Waals surface area (Å²) in [7, 11) is 0. The molecule has 1 fully saturated rings. The van der Waals surface area contributed by atoms with Crippen LogP contribution in [0.25, 0.3) is 10.9 Å². The first-order valence-corrected chi connectivity index (χ1v) is 12.3. The third-order valence-electron chi connectivity index (χ3n) is 6.61. The molecule has 6 rings (SSSR count). The van der Waals surface area contributed by atoms with Crippen LogP contribution in [-0.4, -0.2) is 62.6 Å². The number of aromatic nitrogens is 5. The molecule has 36 heavy (non-hydrogen) atoms. The van der Waals surface area contributed by atoms with Crippen LogP contribution < -0.4 is 15.0 Å². The monoisotopic (exact) mass is 488 g/mol. The molecule has 0 aliphatic carbocycles. The second-order valence-corrected chi connectivity index (χ2v) is 9.25. The molecule has 1 atom stereocenters. The summed E-state index contributed by atoms with van der Waals surface area (Å²) in [6.45, 7) is 4.01. The van der Waals surface area contributed by atoms with Gasteiger partial charge in [0.05, 0.1) is 24.7 Å². The fourth-order valence-electron chi connectivity index (χ4n) is 4.82. The lowest BCUT2D eigenvalue weighted by Gasteiger charge is -2.25. The Kier molecular flexibility index (Phi) is 6.35. The Hall–Kier alpha value is -3.76. The maximum atomic E-state index is 13.1. The standard InChI is InChI=1S/C26H28N6O4/c33-26-20(11-19-12-23-24(13-22(19)27-26)36-10-9-35-23)15-31(16-21-7-4-8-34-21)17-25-28-29-30-32(25)14-18-5-2-1-3-6-18/h1-3,5-6,11-13,21H,4,7-10,14-17H2,(H,27,33)/t21-/m0/s1. The van der Waals surface area contributed by atoms with Crippen molar-refractivity contribution in [2.75, 3.05) is 26.4 Å². The molecular weight excluding hydrogens is 460 g/mol. The second kappa shape index (κ2) is 10.1. The number of pyridine rings is 1. The number of fused-ring (bicyclic) bond motifs is 2. The first-order chi connectivity index (χ1) is 17.7. The molecule has 0 radical (unpaired) electrons. The lowest BCUT2D eigenvalue weighted by Crippen LogP contribution is -2.34. The highest BCUT2D eigenvalue weighted by Gasteiger charge is 2.23. The number of ether oxygens (including phenoxy) is 3. The molecule has 4 heterocycles. The van der Waals surface area contributed by atoms with Gasteiger partial charge in [-0.25, -0.2) is 4.68 Å². The predicted octanol–water partition coefficient (Wildman–Crippen LogP) is 2.52. The van der Waals surface area contributed by atoms with Gasteiger partial charge in [0.15, 0.2) is 17.3 Å². The van der Waals surface area contributed by atoms with Crippen molar-refractivity contribution in [1.82, 2.24) is 30.1 Å². The quantitative estimate of drug-likeness (QED) is 0.403. The maximum absolute atomic E-state index is 13.1. The predicted molar refractivity (Wildman–Crippen MR) is 132 cm³/mol. The van der Waals surface area contributed by atoms with Crippen LogP contribution in [0.15, 0.2) is 53.3 Å². The normalized spacial score (nSPS) is 17.2. The molecule has 4 aromatic rings. The van der Waals surface area contributed by atoms with E-state index in [4.69, 9.17) is 14.2 Å². The molecule has 2 aromatic heterocycles. The number of tetrazole rings is 1. The fourth-order valence-corrected chi connectivity index (χ4v) is 4.82. The Morgan fingerprint density at radius 3 is 2.67 bits per heavy atom. The Bertz CT molecular complexity index is 1400. The van der Waals surface area contributed by atoms with Gasteiger partial charge in [-0.2, -0.15) is 0 Å². The van der Waals surface area contributed by atoms with E-state index in [2.05, 4.69) is 37.5 Å². The summed E-state index contributed by atoms with van der Waals surface area (Å²) in [6, 6.07) is 15.8. The van der Waals surface area contributed by atoms with Gasteiger partial charge in [-0.15, -0.1) is 5.10 Å². The maximum Gasteiger partial charge on any atom is 0.252 e. The van der Waals surface area contributed by atoms with Gasteiger partial charge in [0.1, 0.15) is 13.2 Å². The smallest absolute Gasteiger partial charge is 0.252 e. The van der Waals surface area contributed by atoms with E-state index in [1.165, 1.54) is 0 Å². The molecule has 0 bridgehead atoms. The summed E-state index contributed by atoms with van der Waals surface area (Å²) in [5.74, 6) is 2.10. The first kappa shape index (κ1) is 22.7. The molecule has 1 saturated heterocycles. The van der Waals surface area contributed by atoms with E-state index in [0.29, 0.717) is 56.5 Å². The van der Waals surface area contributed by atoms with Gasteiger partial charge in [0.25, 0.3) is 5.56 Å². The van der Waals surface area contributed by atoms with E-state index < -0.39 is 0 Å². The highest BCUT2D eigenvalue weighted by atomic mass is 16.6. The molecule has 10 nitrogen and oxygen atoms in total. The molecule has 10 heteroatoms. The van der Waals surface area contributed by atoms with Gasteiger partial charge >= 0.3 is 0 Å². The number of hydrogen-bond acceptors (Lipinski definition) is 8. The molecule has 1 N–H and O–H groups in total. The SMILES string of the molecule is O=c1[nH]c2cc3c(cc2cc1CN(Cc1nnnn1Cc1ccccc1)C[C@@H]1CCCO1)OCCO3. The van der Waals surface area contributed by atoms with Crippen LogP contribution in [0, 0.1) is 0 Å². The van der Waals surface area contributed by atoms with E-state index >= 15 is 0 Å². The van der Waals surface area contributed by atoms with Gasteiger partial charge in [0, 0.05) is 36.7 Å². The molecule has 2 aromatic carbocycles. The third-order valence-corrected chi connectivity index (χ3v) is 6.61. The highest BCUT2D eigenvalue weighted by Crippen LogP contribution is 2.33. The largest absolute Gasteiger partial charge is 0.486 e. The summed E-state index contributed by atoms with van der Waals surface area (Å²) in [6.07, 6.45) is 2.18. The van der Waals surface area contributed by atoms with E-state index in [1.54, 1.807) is 0 Å². The van der Waals surface area contributed by atoms with Crippen LogP contribution in [0.5, 0.6) is 11.5 Å². The van der Waals surface area contributed by atoms with Crippen molar-refractivity contribution in [3.63, 3.8) is 0 Å². The van der Waals surface area contributed by atoms with Crippen molar-refractivity contribution in [2.24, 2.45) is 0 Å². The summed E-state index contributed by atoms with van der Waals surface area (Å²) >= 11 is 0. The van der Waals surface area contributed by atoms with Gasteiger partial charge in [-0.05, 0) is 41.0 Å². The lowest BCUT2D eigenvalue weighted by atomic mass is 10.1. The average Bonchev–Trinajstić information content (AvgIpc) is 3.56. The van der Waals surface area contributed by atoms with Crippen molar-refractivity contribution in [3.05, 3.63) is 75.8 Å². The molecule has 0 amide bonds. The summed E-state index contributed by atoms with van der Waals surface area (Å²) in [5.41, 5.74) is 2.39. The zero-order valence-electron chi connectivity index (χ0n) is 19.9. The Labute approximate surface area is 207 Å². The van der Waals surface area contributed by atoms with Crippen molar-refractivity contribution in [3.8, 4) is 11.5 Å². The minimum Gasteiger partial charge on any atom is -0.486 e. The minimum absolute atomic E-state index is 0.125. The number of aromatic amines is 1. The molecular formula is C26H28N6O4. The molecule has 2 aliphatic heterocycles. The fraction of sp³-hybridized carbons (Fsp3) is 0.385. The van der Waals surface area contributed by atoms with Crippen molar-refractivity contribution < 1.29 is 14.2 Å². The van der Waals surface area contributed by atoms with Crippen LogP contribution >= 0.6 is 0 Å². The van der Waals surface area contributed by atoms with Crippen molar-refractivity contribution >= 4 is 10.9 Å². The third kappa shape index (κ3) is 4.95. The van der Waals surface area contributed by atoms with Crippen LogP contribution in [0.1, 0.15) is 29.8 Å². The zero-order chi connectivity index (χ0) is 24.3. The Morgan fingerprint density at radius 1 is 1.03 bits per heavy atom. The van der Waals surface area contributed by atoms with Crippen LogP contribution in [-0.2, 0) is 24.4 Å². The summed E-state index contributed by atoms with van der Waals surface area (Å²) in [5, 5.41) is 13.3. The number of hydrogen-bond donors (Lipinski definition) is 1. The number of nitrogens with one attached hydrogen (secondary N) is 1.